The molecule has 1 aliphatic carbocycles. The lowest BCUT2D eigenvalue weighted by atomic mass is 9.72. The van der Waals surface area contributed by atoms with Gasteiger partial charge >= 0.3 is 0 Å². The number of alkyl halides is 2. The lowest BCUT2D eigenvalue weighted by Gasteiger charge is -2.50. The first-order chi connectivity index (χ1) is 19.4. The van der Waals surface area contributed by atoms with Crippen molar-refractivity contribution in [1.29, 1.82) is 0 Å². The number of nitrogens with two attached hydrogens (primary N) is 6. The molecule has 0 amide bonds. The van der Waals surface area contributed by atoms with Crippen molar-refractivity contribution in [3.8, 4) is 0 Å². The third kappa shape index (κ3) is 7.00. The molecule has 17 atom stereocenters. The van der Waals surface area contributed by atoms with Crippen LogP contribution in [0.5, 0.6) is 0 Å². The van der Waals surface area contributed by atoms with Crippen molar-refractivity contribution in [2.75, 3.05) is 13.2 Å². The minimum Gasteiger partial charge on any atom is -0.394 e. The molecule has 4 rings (SSSR count). The molecule has 0 aromatic rings. The van der Waals surface area contributed by atoms with Crippen molar-refractivity contribution in [2.45, 2.75) is 130 Å². The molecular weight excluding hydrogens is 554 g/mol. The highest BCUT2D eigenvalue weighted by molar-refractivity contribution is 5.05. The Hall–Kier alpha value is -0.740. The van der Waals surface area contributed by atoms with Gasteiger partial charge in [-0.25, -0.2) is 8.78 Å². The van der Waals surface area contributed by atoms with Gasteiger partial charge in [-0.15, -0.1) is 0 Å². The number of aliphatic hydroxyl groups is 4. The van der Waals surface area contributed by atoms with Gasteiger partial charge < -0.3 is 78.5 Å². The molecule has 3 saturated heterocycles. The van der Waals surface area contributed by atoms with Crippen molar-refractivity contribution in [3.05, 3.63) is 0 Å². The predicted molar refractivity (Wildman–Crippen MR) is 138 cm³/mol. The lowest BCUT2D eigenvalue weighted by Crippen LogP contribution is -2.67. The smallest absolute Gasteiger partial charge is 0.256 e. The third-order valence-electron chi connectivity index (χ3n) is 8.74. The van der Waals surface area contributed by atoms with E-state index >= 15 is 0 Å². The van der Waals surface area contributed by atoms with Gasteiger partial charge in [0.25, 0.3) is 6.43 Å². The summed E-state index contributed by atoms with van der Waals surface area (Å²) < 4.78 is 56.1. The van der Waals surface area contributed by atoms with E-state index in [0.29, 0.717) is 6.42 Å². The van der Waals surface area contributed by atoms with Gasteiger partial charge in [-0.3, -0.25) is 0 Å². The van der Waals surface area contributed by atoms with E-state index in [9.17, 15) is 29.2 Å². The third-order valence-corrected chi connectivity index (χ3v) is 8.74. The normalized spacial score (nSPS) is 50.3. The van der Waals surface area contributed by atoms with Crippen molar-refractivity contribution >= 4 is 0 Å². The highest BCUT2D eigenvalue weighted by Crippen LogP contribution is 2.38. The summed E-state index contributed by atoms with van der Waals surface area (Å²) in [6.45, 7) is -0.496. The van der Waals surface area contributed by atoms with Crippen LogP contribution < -0.4 is 34.4 Å². The number of aliphatic hydroxyl groups excluding tert-OH is 4. The number of halogens is 2. The van der Waals surface area contributed by atoms with Gasteiger partial charge in [-0.1, -0.05) is 0 Å². The highest BCUT2D eigenvalue weighted by Gasteiger charge is 2.54. The Kier molecular flexibility index (Phi) is 11.3. The second-order valence-corrected chi connectivity index (χ2v) is 11.6. The largest absolute Gasteiger partial charge is 0.394 e. The topological polar surface area (TPSA) is 283 Å². The van der Waals surface area contributed by atoms with Crippen LogP contribution in [0.2, 0.25) is 0 Å². The quantitative estimate of drug-likeness (QED) is 0.119. The fraction of sp³-hybridized carbons (Fsp3) is 1.00. The van der Waals surface area contributed by atoms with Crippen molar-refractivity contribution in [2.24, 2.45) is 40.3 Å². The molecule has 17 heteroatoms. The Bertz CT molecular complexity index is 844. The van der Waals surface area contributed by atoms with Crippen LogP contribution in [-0.2, 0) is 23.7 Å². The van der Waals surface area contributed by atoms with E-state index in [4.69, 9.17) is 58.1 Å². The Morgan fingerprint density at radius 1 is 0.829 bits per heavy atom. The van der Waals surface area contributed by atoms with Gasteiger partial charge in [0.15, 0.2) is 12.6 Å². The van der Waals surface area contributed by atoms with E-state index in [-0.39, 0.29) is 25.8 Å². The fourth-order valence-electron chi connectivity index (χ4n) is 6.30. The molecule has 0 aromatic carbocycles. The molecule has 0 bridgehead atoms. The molecule has 4 aliphatic rings. The van der Waals surface area contributed by atoms with E-state index in [1.165, 1.54) is 0 Å². The van der Waals surface area contributed by atoms with Gasteiger partial charge in [-0.05, 0) is 19.3 Å². The van der Waals surface area contributed by atoms with E-state index in [1.807, 2.05) is 0 Å². The number of ether oxygens (including phenoxy) is 5. The van der Waals surface area contributed by atoms with Gasteiger partial charge in [0.2, 0.25) is 0 Å². The Balaban J connectivity index is 1.52. The first kappa shape index (κ1) is 33.2. The molecule has 4 fully saturated rings. The van der Waals surface area contributed by atoms with Crippen LogP contribution in [-0.4, -0.2) is 138 Å². The fourth-order valence-corrected chi connectivity index (χ4v) is 6.30. The molecule has 0 aromatic heterocycles. The molecule has 0 radical (unpaired) electrons. The molecule has 3 heterocycles. The first-order valence-corrected chi connectivity index (χ1v) is 14.1. The maximum Gasteiger partial charge on any atom is 0.256 e. The van der Waals surface area contributed by atoms with E-state index in [0.717, 1.165) is 0 Å². The molecule has 2 unspecified atom stereocenters. The average molecular weight is 601 g/mol. The summed E-state index contributed by atoms with van der Waals surface area (Å²) in [5, 5.41) is 42.5. The minimum atomic E-state index is -2.82. The van der Waals surface area contributed by atoms with Crippen LogP contribution in [0.15, 0.2) is 0 Å². The Morgan fingerprint density at radius 2 is 1.51 bits per heavy atom. The highest BCUT2D eigenvalue weighted by atomic mass is 19.3. The Morgan fingerprint density at radius 3 is 2.15 bits per heavy atom. The molecule has 1 saturated carbocycles. The second-order valence-electron chi connectivity index (χ2n) is 11.6. The molecule has 15 nitrogen and oxygen atoms in total. The van der Waals surface area contributed by atoms with Crippen LogP contribution in [0.1, 0.15) is 25.7 Å². The summed E-state index contributed by atoms with van der Waals surface area (Å²) in [6.07, 6.45) is -14.4. The van der Waals surface area contributed by atoms with E-state index < -0.39 is 117 Å². The van der Waals surface area contributed by atoms with Crippen molar-refractivity contribution < 1.29 is 52.9 Å². The van der Waals surface area contributed by atoms with Gasteiger partial charge in [0.1, 0.15) is 18.3 Å². The van der Waals surface area contributed by atoms with Crippen LogP contribution >= 0.6 is 0 Å². The van der Waals surface area contributed by atoms with Gasteiger partial charge in [0.05, 0.1) is 55.3 Å². The number of hydrogen-bond acceptors (Lipinski definition) is 15. The molecule has 0 spiro atoms. The first-order valence-electron chi connectivity index (χ1n) is 14.1. The van der Waals surface area contributed by atoms with Crippen LogP contribution in [0.3, 0.4) is 0 Å². The van der Waals surface area contributed by atoms with E-state index in [2.05, 4.69) is 0 Å². The van der Waals surface area contributed by atoms with Crippen LogP contribution in [0, 0.1) is 5.92 Å². The number of rotatable bonds is 9. The molecule has 240 valence electrons. The standard InChI is InChI=1S/C24H46F2N6O9/c25-22(26)16(32)12-2-1-8(28)19(38-12)14-9(29)4-10(30)17(35)21(14)41-24-18(36)20(13(6-33)39-24)40-23-15(31)11(34)3-7(5-27)37-23/h7-24,33-36H,1-6,27-32H2/t7-,8-,9+,10-,11+,12+,13-,14?,15-,16-,17+,18-,19?,20-,21+,23-,24+/m1/s1. The maximum absolute atomic E-state index is 13.4. The van der Waals surface area contributed by atoms with Crippen LogP contribution in [0.4, 0.5) is 8.78 Å². The minimum absolute atomic E-state index is 0.0957. The number of hydrogen-bond donors (Lipinski definition) is 10. The monoisotopic (exact) mass is 600 g/mol. The summed E-state index contributed by atoms with van der Waals surface area (Å²) >= 11 is 0. The Labute approximate surface area is 236 Å². The van der Waals surface area contributed by atoms with Crippen molar-refractivity contribution in [1.82, 2.24) is 0 Å². The predicted octanol–water partition coefficient (Wildman–Crippen LogP) is -4.90. The zero-order valence-electron chi connectivity index (χ0n) is 22.7. The molecule has 3 aliphatic heterocycles. The summed E-state index contributed by atoms with van der Waals surface area (Å²) in [7, 11) is 0. The second kappa shape index (κ2) is 13.9. The summed E-state index contributed by atoms with van der Waals surface area (Å²) in [6, 6.07) is -4.71. The summed E-state index contributed by atoms with van der Waals surface area (Å²) in [4.78, 5) is 0. The van der Waals surface area contributed by atoms with Crippen molar-refractivity contribution in [3.63, 3.8) is 0 Å². The van der Waals surface area contributed by atoms with E-state index in [1.54, 1.807) is 0 Å². The SMILES string of the molecule is NC[C@H]1C[C@H](O)[C@@H](N)[C@@H](O[C@H]2[C@@H](O)[C@H](O[C@H]3C(C4O[C@H]([C@@H](N)C(F)F)CC[C@H]4N)[C@@H](N)C[C@@H](N)[C@@H]3O)O[C@@H]2CO)O1. The zero-order chi connectivity index (χ0) is 30.2. The van der Waals surface area contributed by atoms with Gasteiger partial charge in [-0.2, -0.15) is 0 Å². The van der Waals surface area contributed by atoms with Gasteiger partial charge in [0, 0.05) is 37.0 Å². The molecular formula is C24H46F2N6O9. The summed E-state index contributed by atoms with van der Waals surface area (Å²) in [5.41, 5.74) is 36.3. The maximum atomic E-state index is 13.4. The molecule has 41 heavy (non-hydrogen) atoms. The summed E-state index contributed by atoms with van der Waals surface area (Å²) in [5.74, 6) is -0.841. The lowest BCUT2D eigenvalue weighted by molar-refractivity contribution is -0.257. The zero-order valence-corrected chi connectivity index (χ0v) is 22.7. The average Bonchev–Trinajstić information content (AvgIpc) is 3.23. The van der Waals surface area contributed by atoms with Crippen LogP contribution in [0.25, 0.3) is 0 Å². The molecule has 16 N–H and O–H groups in total.